The number of amides is 1. The molecule has 18 heavy (non-hydrogen) atoms. The Morgan fingerprint density at radius 2 is 2.17 bits per heavy atom. The Labute approximate surface area is 109 Å². The Hall–Kier alpha value is -1.29. The minimum atomic E-state index is 0.0877. The normalized spacial score (nSPS) is 23.2. The van der Waals surface area contributed by atoms with E-state index < -0.39 is 0 Å². The largest absolute Gasteiger partial charge is 0.435 e. The fourth-order valence-corrected chi connectivity index (χ4v) is 2.30. The van der Waals surface area contributed by atoms with Gasteiger partial charge in [0.1, 0.15) is 0 Å². The fourth-order valence-electron chi connectivity index (χ4n) is 2.30. The highest BCUT2D eigenvalue weighted by Gasteiger charge is 2.23. The lowest BCUT2D eigenvalue weighted by atomic mass is 9.79. The summed E-state index contributed by atoms with van der Waals surface area (Å²) in [7, 11) is 0.652. The minimum absolute atomic E-state index is 0.0877. The molecule has 1 amide bonds. The van der Waals surface area contributed by atoms with E-state index in [0.717, 1.165) is 24.8 Å². The number of benzene rings is 1. The summed E-state index contributed by atoms with van der Waals surface area (Å²) in [6.07, 6.45) is 3.97. The average molecular weight is 245 g/mol. The highest BCUT2D eigenvalue weighted by molar-refractivity contribution is 6.30. The van der Waals surface area contributed by atoms with Crippen molar-refractivity contribution in [3.63, 3.8) is 0 Å². The molecule has 1 aliphatic rings. The molecule has 1 aromatic rings. The van der Waals surface area contributed by atoms with Crippen molar-refractivity contribution in [3.8, 4) is 0 Å². The van der Waals surface area contributed by atoms with Crippen molar-refractivity contribution in [1.29, 1.82) is 0 Å². The van der Waals surface area contributed by atoms with Gasteiger partial charge < -0.3 is 9.97 Å². The lowest BCUT2D eigenvalue weighted by Crippen LogP contribution is -2.45. The molecule has 0 bridgehead atoms. The van der Waals surface area contributed by atoms with Crippen LogP contribution in [0.2, 0.25) is 0 Å². The average Bonchev–Trinajstić information content (AvgIpc) is 2.40. The number of rotatable bonds is 4. The van der Waals surface area contributed by atoms with E-state index in [1.54, 1.807) is 0 Å². The zero-order valence-corrected chi connectivity index (χ0v) is 10.9. The number of carbonyl (C=O) groups excluding carboxylic acids is 1. The number of carbonyl (C=O) groups is 1. The predicted molar refractivity (Wildman–Crippen MR) is 73.6 cm³/mol. The second-order valence-electron chi connectivity index (χ2n) is 4.87. The van der Waals surface area contributed by atoms with Gasteiger partial charge in [-0.3, -0.25) is 4.79 Å². The third-order valence-corrected chi connectivity index (χ3v) is 3.40. The van der Waals surface area contributed by atoms with Gasteiger partial charge >= 0.3 is 0 Å². The maximum Gasteiger partial charge on any atom is 0.297 e. The van der Waals surface area contributed by atoms with Gasteiger partial charge in [-0.1, -0.05) is 37.3 Å². The summed E-state index contributed by atoms with van der Waals surface area (Å²) in [5, 5.41) is 3.05. The van der Waals surface area contributed by atoms with Crippen molar-refractivity contribution >= 4 is 13.4 Å². The molecule has 1 aromatic carbocycles. The molecule has 1 heterocycles. The van der Waals surface area contributed by atoms with E-state index >= 15 is 0 Å². The summed E-state index contributed by atoms with van der Waals surface area (Å²) in [6, 6.07) is 9.83. The van der Waals surface area contributed by atoms with Crippen LogP contribution in [0.5, 0.6) is 0 Å². The first kappa shape index (κ1) is 13.2. The van der Waals surface area contributed by atoms with Gasteiger partial charge in [0.05, 0.1) is 6.42 Å². The van der Waals surface area contributed by atoms with Crippen molar-refractivity contribution < 1.29 is 9.45 Å². The van der Waals surface area contributed by atoms with Gasteiger partial charge in [-0.15, -0.1) is 0 Å². The summed E-state index contributed by atoms with van der Waals surface area (Å²) in [5.74, 6) is 0.272. The van der Waals surface area contributed by atoms with Crippen molar-refractivity contribution in [2.75, 3.05) is 0 Å². The van der Waals surface area contributed by atoms with E-state index in [2.05, 4.69) is 12.2 Å². The second-order valence-corrected chi connectivity index (χ2v) is 4.87. The van der Waals surface area contributed by atoms with Crippen LogP contribution in [-0.4, -0.2) is 25.4 Å². The Kier molecular flexibility index (Phi) is 4.82. The summed E-state index contributed by atoms with van der Waals surface area (Å²) in [5.41, 5.74) is 1.05. The molecule has 1 aliphatic heterocycles. The van der Waals surface area contributed by atoms with Crippen LogP contribution >= 0.6 is 0 Å². The maximum atomic E-state index is 11.9. The molecule has 3 nitrogen and oxygen atoms in total. The van der Waals surface area contributed by atoms with Gasteiger partial charge in [-0.05, 0) is 24.8 Å². The van der Waals surface area contributed by atoms with E-state index in [9.17, 15) is 4.79 Å². The van der Waals surface area contributed by atoms with Crippen LogP contribution in [0.3, 0.4) is 0 Å². The van der Waals surface area contributed by atoms with Gasteiger partial charge in [-0.25, -0.2) is 0 Å². The Morgan fingerprint density at radius 3 is 2.78 bits per heavy atom. The van der Waals surface area contributed by atoms with Crippen LogP contribution in [0.4, 0.5) is 0 Å². The lowest BCUT2D eigenvalue weighted by Gasteiger charge is -2.28. The molecule has 0 radical (unpaired) electrons. The first-order valence-electron chi connectivity index (χ1n) is 6.73. The molecule has 4 heteroatoms. The van der Waals surface area contributed by atoms with Crippen LogP contribution in [0.15, 0.2) is 30.3 Å². The second kappa shape index (κ2) is 6.59. The summed E-state index contributed by atoms with van der Waals surface area (Å²) >= 11 is 0. The van der Waals surface area contributed by atoms with Crippen LogP contribution in [0, 0.1) is 0 Å². The summed E-state index contributed by atoms with van der Waals surface area (Å²) in [6.45, 7) is 2.14. The predicted octanol–water partition coefficient (Wildman–Crippen LogP) is 1.61. The molecule has 0 spiro atoms. The maximum absolute atomic E-state index is 11.9. The molecule has 2 unspecified atom stereocenters. The van der Waals surface area contributed by atoms with E-state index in [0.29, 0.717) is 20.0 Å². The smallest absolute Gasteiger partial charge is 0.297 e. The standard InChI is InChI=1S/C14H20BNO2/c1-2-12-8-9-13(15-18-12)16-14(17)10-11-6-4-3-5-7-11/h3-7,12-13,15H,2,8-10H2,1H3,(H,16,17). The highest BCUT2D eigenvalue weighted by Crippen LogP contribution is 2.14. The first-order valence-corrected chi connectivity index (χ1v) is 6.73. The van der Waals surface area contributed by atoms with Gasteiger partial charge in [0.25, 0.3) is 7.48 Å². The lowest BCUT2D eigenvalue weighted by molar-refractivity contribution is -0.120. The molecule has 1 fully saturated rings. The van der Waals surface area contributed by atoms with E-state index in [4.69, 9.17) is 4.65 Å². The quantitative estimate of drug-likeness (QED) is 0.818. The fraction of sp³-hybridized carbons (Fsp3) is 0.500. The monoisotopic (exact) mass is 245 g/mol. The molecule has 96 valence electrons. The Morgan fingerprint density at radius 1 is 1.39 bits per heavy atom. The first-order chi connectivity index (χ1) is 8.78. The third-order valence-electron chi connectivity index (χ3n) is 3.40. The third kappa shape index (κ3) is 3.88. The molecule has 1 N–H and O–H groups in total. The van der Waals surface area contributed by atoms with E-state index in [1.165, 1.54) is 0 Å². The SMILES string of the molecule is CCC1CCC(NC(=O)Cc2ccccc2)BO1. The number of nitrogens with one attached hydrogen (secondary N) is 1. The molecule has 1 saturated heterocycles. The van der Waals surface area contributed by atoms with Crippen LogP contribution in [0.1, 0.15) is 31.7 Å². The van der Waals surface area contributed by atoms with Crippen molar-refractivity contribution in [2.24, 2.45) is 0 Å². The molecular formula is C14H20BNO2. The van der Waals surface area contributed by atoms with Gasteiger partial charge in [0.15, 0.2) is 0 Å². The summed E-state index contributed by atoms with van der Waals surface area (Å²) in [4.78, 5) is 11.9. The topological polar surface area (TPSA) is 38.3 Å². The van der Waals surface area contributed by atoms with Crippen molar-refractivity contribution in [1.82, 2.24) is 5.32 Å². The van der Waals surface area contributed by atoms with Gasteiger partial charge in [-0.2, -0.15) is 0 Å². The van der Waals surface area contributed by atoms with E-state index in [1.807, 2.05) is 30.3 Å². The van der Waals surface area contributed by atoms with Crippen molar-refractivity contribution in [3.05, 3.63) is 35.9 Å². The van der Waals surface area contributed by atoms with E-state index in [-0.39, 0.29) is 11.8 Å². The zero-order valence-electron chi connectivity index (χ0n) is 10.9. The molecule has 0 aliphatic carbocycles. The van der Waals surface area contributed by atoms with Gasteiger partial charge in [0.2, 0.25) is 5.91 Å². The molecule has 0 saturated carbocycles. The molecular weight excluding hydrogens is 225 g/mol. The van der Waals surface area contributed by atoms with Crippen LogP contribution < -0.4 is 5.32 Å². The van der Waals surface area contributed by atoms with Crippen molar-refractivity contribution in [2.45, 2.75) is 44.7 Å². The Bertz CT molecular complexity index is 375. The van der Waals surface area contributed by atoms with Gasteiger partial charge in [0, 0.05) is 12.0 Å². The van der Waals surface area contributed by atoms with Crippen LogP contribution in [0.25, 0.3) is 0 Å². The zero-order chi connectivity index (χ0) is 12.8. The Balaban J connectivity index is 1.75. The summed E-state index contributed by atoms with van der Waals surface area (Å²) < 4.78 is 5.68. The molecule has 2 atom stereocenters. The molecule has 2 rings (SSSR count). The minimum Gasteiger partial charge on any atom is -0.435 e. The number of hydrogen-bond donors (Lipinski definition) is 1. The number of hydrogen-bond acceptors (Lipinski definition) is 2. The molecule has 0 aromatic heterocycles. The highest BCUT2D eigenvalue weighted by atomic mass is 16.4. The van der Waals surface area contributed by atoms with Crippen LogP contribution in [-0.2, 0) is 15.9 Å².